The van der Waals surface area contributed by atoms with Crippen molar-refractivity contribution in [2.45, 2.75) is 26.7 Å². The summed E-state index contributed by atoms with van der Waals surface area (Å²) in [5, 5.41) is 2.44. The molecule has 0 radical (unpaired) electrons. The van der Waals surface area contributed by atoms with Gasteiger partial charge in [0.1, 0.15) is 6.54 Å². The molecule has 1 saturated heterocycles. The molecule has 1 fully saturated rings. The zero-order valence-electron chi connectivity index (χ0n) is 9.99. The van der Waals surface area contributed by atoms with Crippen molar-refractivity contribution in [3.8, 4) is 0 Å². The fourth-order valence-electron chi connectivity index (χ4n) is 1.86. The van der Waals surface area contributed by atoms with Gasteiger partial charge in [0, 0.05) is 13.1 Å². The average molecular weight is 228 g/mol. The Labute approximate surface area is 96.1 Å². The SMILES string of the molecule is CCOC(=O)NCC(=O)N1CCCC(C)C1. The molecule has 16 heavy (non-hydrogen) atoms. The fourth-order valence-corrected chi connectivity index (χ4v) is 1.86. The number of ether oxygens (including phenoxy) is 1. The van der Waals surface area contributed by atoms with Gasteiger partial charge in [-0.2, -0.15) is 0 Å². The summed E-state index contributed by atoms with van der Waals surface area (Å²) < 4.78 is 4.68. The molecule has 1 heterocycles. The first kappa shape index (κ1) is 12.8. The number of likely N-dealkylation sites (tertiary alicyclic amines) is 1. The maximum Gasteiger partial charge on any atom is 0.407 e. The van der Waals surface area contributed by atoms with Crippen molar-refractivity contribution in [3.63, 3.8) is 0 Å². The second kappa shape index (κ2) is 6.35. The van der Waals surface area contributed by atoms with Gasteiger partial charge < -0.3 is 15.0 Å². The van der Waals surface area contributed by atoms with Gasteiger partial charge in [-0.3, -0.25) is 4.79 Å². The zero-order valence-corrected chi connectivity index (χ0v) is 9.99. The van der Waals surface area contributed by atoms with Crippen LogP contribution in [-0.4, -0.2) is 43.1 Å². The molecule has 1 N–H and O–H groups in total. The predicted octanol–water partition coefficient (Wildman–Crippen LogP) is 0.991. The minimum Gasteiger partial charge on any atom is -0.450 e. The van der Waals surface area contributed by atoms with Crippen molar-refractivity contribution in [3.05, 3.63) is 0 Å². The van der Waals surface area contributed by atoms with E-state index in [2.05, 4.69) is 17.0 Å². The van der Waals surface area contributed by atoms with E-state index in [1.807, 2.05) is 0 Å². The van der Waals surface area contributed by atoms with Crippen LogP contribution in [0.4, 0.5) is 4.79 Å². The van der Waals surface area contributed by atoms with Crippen LogP contribution in [0.2, 0.25) is 0 Å². The second-order valence-electron chi connectivity index (χ2n) is 4.16. The number of piperidine rings is 1. The third kappa shape index (κ3) is 4.08. The minimum atomic E-state index is -0.527. The third-order valence-corrected chi connectivity index (χ3v) is 2.67. The van der Waals surface area contributed by atoms with E-state index in [1.54, 1.807) is 11.8 Å². The molecular formula is C11H20N2O3. The number of rotatable bonds is 3. The standard InChI is InChI=1S/C11H20N2O3/c1-3-16-11(15)12-7-10(14)13-6-4-5-9(2)8-13/h9H,3-8H2,1-2H3,(H,12,15). The van der Waals surface area contributed by atoms with Crippen LogP contribution < -0.4 is 5.32 Å². The van der Waals surface area contributed by atoms with Gasteiger partial charge in [0.25, 0.3) is 0 Å². The van der Waals surface area contributed by atoms with Crippen LogP contribution in [-0.2, 0) is 9.53 Å². The van der Waals surface area contributed by atoms with E-state index >= 15 is 0 Å². The van der Waals surface area contributed by atoms with Crippen LogP contribution in [0.1, 0.15) is 26.7 Å². The Morgan fingerprint density at radius 1 is 1.50 bits per heavy atom. The second-order valence-corrected chi connectivity index (χ2v) is 4.16. The van der Waals surface area contributed by atoms with Gasteiger partial charge in [0.05, 0.1) is 6.61 Å². The molecular weight excluding hydrogens is 208 g/mol. The van der Waals surface area contributed by atoms with E-state index in [9.17, 15) is 9.59 Å². The number of alkyl carbamates (subject to hydrolysis) is 1. The summed E-state index contributed by atoms with van der Waals surface area (Å²) in [6.45, 7) is 5.81. The lowest BCUT2D eigenvalue weighted by molar-refractivity contribution is -0.131. The smallest absolute Gasteiger partial charge is 0.407 e. The van der Waals surface area contributed by atoms with Crippen molar-refractivity contribution in [1.29, 1.82) is 0 Å². The van der Waals surface area contributed by atoms with Crippen LogP contribution in [0, 0.1) is 5.92 Å². The van der Waals surface area contributed by atoms with Gasteiger partial charge in [-0.15, -0.1) is 0 Å². The van der Waals surface area contributed by atoms with Gasteiger partial charge in [-0.1, -0.05) is 6.92 Å². The normalized spacial score (nSPS) is 20.4. The molecule has 92 valence electrons. The highest BCUT2D eigenvalue weighted by Gasteiger charge is 2.20. The first-order valence-electron chi connectivity index (χ1n) is 5.82. The van der Waals surface area contributed by atoms with E-state index in [4.69, 9.17) is 0 Å². The number of nitrogens with one attached hydrogen (secondary N) is 1. The first-order valence-corrected chi connectivity index (χ1v) is 5.82. The monoisotopic (exact) mass is 228 g/mol. The molecule has 1 atom stereocenters. The van der Waals surface area contributed by atoms with Crippen molar-refractivity contribution >= 4 is 12.0 Å². The van der Waals surface area contributed by atoms with Crippen LogP contribution in [0.15, 0.2) is 0 Å². The van der Waals surface area contributed by atoms with E-state index in [-0.39, 0.29) is 12.5 Å². The van der Waals surface area contributed by atoms with E-state index in [0.717, 1.165) is 19.5 Å². The lowest BCUT2D eigenvalue weighted by atomic mass is 10.0. The number of carbonyl (C=O) groups is 2. The summed E-state index contributed by atoms with van der Waals surface area (Å²) in [5.41, 5.74) is 0. The maximum atomic E-state index is 11.7. The molecule has 5 heteroatoms. The van der Waals surface area contributed by atoms with Gasteiger partial charge in [0.2, 0.25) is 5.91 Å². The van der Waals surface area contributed by atoms with Crippen LogP contribution in [0.25, 0.3) is 0 Å². The lowest BCUT2D eigenvalue weighted by Gasteiger charge is -2.30. The summed E-state index contributed by atoms with van der Waals surface area (Å²) in [6.07, 6.45) is 1.70. The molecule has 1 aliphatic heterocycles. The Morgan fingerprint density at radius 3 is 2.88 bits per heavy atom. The summed E-state index contributed by atoms with van der Waals surface area (Å²) in [5.74, 6) is 0.528. The highest BCUT2D eigenvalue weighted by atomic mass is 16.5. The summed E-state index contributed by atoms with van der Waals surface area (Å²) in [6, 6.07) is 0. The van der Waals surface area contributed by atoms with Gasteiger partial charge in [-0.25, -0.2) is 4.79 Å². The van der Waals surface area contributed by atoms with E-state index in [1.165, 1.54) is 6.42 Å². The van der Waals surface area contributed by atoms with Crippen LogP contribution >= 0.6 is 0 Å². The number of hydrogen-bond donors (Lipinski definition) is 1. The van der Waals surface area contributed by atoms with Crippen molar-refractivity contribution in [1.82, 2.24) is 10.2 Å². The molecule has 0 aromatic rings. The maximum absolute atomic E-state index is 11.7. The number of hydrogen-bond acceptors (Lipinski definition) is 3. The molecule has 0 bridgehead atoms. The van der Waals surface area contributed by atoms with E-state index < -0.39 is 6.09 Å². The Hall–Kier alpha value is -1.26. The highest BCUT2D eigenvalue weighted by molar-refractivity contribution is 5.82. The zero-order chi connectivity index (χ0) is 12.0. The summed E-state index contributed by atoms with van der Waals surface area (Å²) in [4.78, 5) is 24.5. The third-order valence-electron chi connectivity index (χ3n) is 2.67. The lowest BCUT2D eigenvalue weighted by Crippen LogP contribution is -2.44. The van der Waals surface area contributed by atoms with E-state index in [0.29, 0.717) is 12.5 Å². The minimum absolute atomic E-state index is 0.0281. The number of nitrogens with zero attached hydrogens (tertiary/aromatic N) is 1. The quantitative estimate of drug-likeness (QED) is 0.783. The molecule has 0 saturated carbocycles. The first-order chi connectivity index (χ1) is 7.63. The molecule has 2 amide bonds. The molecule has 0 aromatic heterocycles. The van der Waals surface area contributed by atoms with Crippen LogP contribution in [0.5, 0.6) is 0 Å². The molecule has 1 unspecified atom stereocenters. The molecule has 0 aromatic carbocycles. The molecule has 0 spiro atoms. The van der Waals surface area contributed by atoms with Crippen molar-refractivity contribution < 1.29 is 14.3 Å². The van der Waals surface area contributed by atoms with Crippen LogP contribution in [0.3, 0.4) is 0 Å². The molecule has 1 aliphatic rings. The Bertz CT molecular complexity index is 256. The van der Waals surface area contributed by atoms with Gasteiger partial charge in [-0.05, 0) is 25.7 Å². The Kier molecular flexibility index (Phi) is 5.08. The summed E-state index contributed by atoms with van der Waals surface area (Å²) in [7, 11) is 0. The topological polar surface area (TPSA) is 58.6 Å². The Balaban J connectivity index is 2.26. The van der Waals surface area contributed by atoms with Crippen molar-refractivity contribution in [2.24, 2.45) is 5.92 Å². The molecule has 0 aliphatic carbocycles. The van der Waals surface area contributed by atoms with Crippen molar-refractivity contribution in [2.75, 3.05) is 26.2 Å². The highest BCUT2D eigenvalue weighted by Crippen LogP contribution is 2.14. The predicted molar refractivity (Wildman–Crippen MR) is 60.0 cm³/mol. The fraction of sp³-hybridized carbons (Fsp3) is 0.818. The largest absolute Gasteiger partial charge is 0.450 e. The van der Waals surface area contributed by atoms with Gasteiger partial charge in [0.15, 0.2) is 0 Å². The molecule has 5 nitrogen and oxygen atoms in total. The van der Waals surface area contributed by atoms with Gasteiger partial charge >= 0.3 is 6.09 Å². The Morgan fingerprint density at radius 2 is 2.25 bits per heavy atom. The number of amides is 2. The number of carbonyl (C=O) groups excluding carboxylic acids is 2. The molecule has 1 rings (SSSR count). The average Bonchev–Trinajstić information content (AvgIpc) is 2.26. The summed E-state index contributed by atoms with van der Waals surface area (Å²) >= 11 is 0.